The Kier molecular flexibility index (Phi) is 2.87. The highest BCUT2D eigenvalue weighted by Crippen LogP contribution is 2.44. The Morgan fingerprint density at radius 1 is 1.38 bits per heavy atom. The van der Waals surface area contributed by atoms with Crippen molar-refractivity contribution in [3.63, 3.8) is 0 Å². The van der Waals surface area contributed by atoms with Gasteiger partial charge in [0, 0.05) is 31.9 Å². The van der Waals surface area contributed by atoms with Gasteiger partial charge in [0.15, 0.2) is 0 Å². The second-order valence-electron chi connectivity index (χ2n) is 6.15. The van der Waals surface area contributed by atoms with Crippen molar-refractivity contribution >= 4 is 17.9 Å². The van der Waals surface area contributed by atoms with Gasteiger partial charge in [-0.05, 0) is 18.1 Å². The number of likely N-dealkylation sites (tertiary alicyclic amines) is 1. The van der Waals surface area contributed by atoms with Gasteiger partial charge in [0.1, 0.15) is 0 Å². The third kappa shape index (κ3) is 1.91. The Labute approximate surface area is 124 Å². The highest BCUT2D eigenvalue weighted by Gasteiger charge is 2.45. The number of nitrogens with zero attached hydrogens (tertiary/aromatic N) is 3. The highest BCUT2D eigenvalue weighted by atomic mass is 16.2. The molecule has 1 aromatic carbocycles. The zero-order valence-corrected chi connectivity index (χ0v) is 12.2. The molecule has 0 aromatic heterocycles. The number of hydrogen-bond donors (Lipinski definition) is 1. The van der Waals surface area contributed by atoms with Gasteiger partial charge in [-0.15, -0.1) is 0 Å². The number of likely N-dealkylation sites (N-methyl/N-ethyl adjacent to an activating group) is 1. The zero-order chi connectivity index (χ0) is 14.4. The van der Waals surface area contributed by atoms with Crippen molar-refractivity contribution < 1.29 is 4.79 Å². The molecule has 4 rings (SSSR count). The molecule has 1 fully saturated rings. The summed E-state index contributed by atoms with van der Waals surface area (Å²) in [5, 5.41) is 3.22. The summed E-state index contributed by atoms with van der Waals surface area (Å²) in [6.07, 6.45) is 2.79. The number of anilines is 1. The Hall–Kier alpha value is -2.04. The van der Waals surface area contributed by atoms with E-state index in [0.717, 1.165) is 26.1 Å². The summed E-state index contributed by atoms with van der Waals surface area (Å²) in [5.74, 6) is 0.277. The molecule has 3 aliphatic rings. The standard InChI is InChI=1S/C16H20N4O/c1-19-13-5-3-2-4-12(13)15-14(19)6-7-20(16(15)21)9-11-8-17-10-18-11/h2-5,10-11,14-15H,6-9H2,1H3,(H,17,18)/t11-,14-,15+/m0/s1. The molecule has 0 bridgehead atoms. The maximum absolute atomic E-state index is 12.9. The molecular weight excluding hydrogens is 264 g/mol. The van der Waals surface area contributed by atoms with Crippen LogP contribution in [0.2, 0.25) is 0 Å². The van der Waals surface area contributed by atoms with Crippen LogP contribution in [0.15, 0.2) is 29.3 Å². The lowest BCUT2D eigenvalue weighted by atomic mass is 9.88. The maximum Gasteiger partial charge on any atom is 0.232 e. The lowest BCUT2D eigenvalue weighted by Crippen LogP contribution is -2.52. The predicted octanol–water partition coefficient (Wildman–Crippen LogP) is 0.821. The first-order valence-corrected chi connectivity index (χ1v) is 7.60. The third-order valence-corrected chi connectivity index (χ3v) is 4.97. The molecule has 3 atom stereocenters. The highest BCUT2D eigenvalue weighted by molar-refractivity contribution is 5.90. The predicted molar refractivity (Wildman–Crippen MR) is 82.9 cm³/mol. The number of rotatable bonds is 2. The first-order valence-electron chi connectivity index (χ1n) is 7.60. The van der Waals surface area contributed by atoms with Crippen LogP contribution in [0.25, 0.3) is 0 Å². The van der Waals surface area contributed by atoms with Crippen molar-refractivity contribution in [3.8, 4) is 0 Å². The van der Waals surface area contributed by atoms with Crippen LogP contribution in [-0.4, -0.2) is 55.9 Å². The van der Waals surface area contributed by atoms with E-state index in [1.54, 1.807) is 6.34 Å². The summed E-state index contributed by atoms with van der Waals surface area (Å²) in [6, 6.07) is 8.91. The maximum atomic E-state index is 12.9. The summed E-state index contributed by atoms with van der Waals surface area (Å²) in [5.41, 5.74) is 2.40. The second kappa shape index (κ2) is 4.76. The van der Waals surface area contributed by atoms with Crippen LogP contribution >= 0.6 is 0 Å². The van der Waals surface area contributed by atoms with Crippen molar-refractivity contribution in [2.75, 3.05) is 31.6 Å². The average Bonchev–Trinajstić information content (AvgIpc) is 3.10. The number of benzene rings is 1. The quantitative estimate of drug-likeness (QED) is 0.875. The SMILES string of the molecule is CN1c2ccccc2[C@H]2C(=O)N(C[C@@H]3CN=CN3)CC[C@@H]21. The minimum Gasteiger partial charge on any atom is -0.370 e. The summed E-state index contributed by atoms with van der Waals surface area (Å²) in [6.45, 7) is 2.37. The number of carbonyl (C=O) groups is 1. The van der Waals surface area contributed by atoms with Crippen LogP contribution < -0.4 is 10.2 Å². The van der Waals surface area contributed by atoms with Gasteiger partial charge < -0.3 is 15.1 Å². The summed E-state index contributed by atoms with van der Waals surface area (Å²) in [4.78, 5) is 21.4. The van der Waals surface area contributed by atoms with Gasteiger partial charge in [-0.3, -0.25) is 9.79 Å². The Balaban J connectivity index is 1.58. The molecule has 5 heteroatoms. The van der Waals surface area contributed by atoms with Crippen molar-refractivity contribution in [3.05, 3.63) is 29.8 Å². The van der Waals surface area contributed by atoms with Gasteiger partial charge in [0.25, 0.3) is 0 Å². The van der Waals surface area contributed by atoms with Crippen LogP contribution in [0.5, 0.6) is 0 Å². The number of amides is 1. The summed E-state index contributed by atoms with van der Waals surface area (Å²) >= 11 is 0. The van der Waals surface area contributed by atoms with Crippen molar-refractivity contribution in [1.82, 2.24) is 10.2 Å². The van der Waals surface area contributed by atoms with Gasteiger partial charge in [-0.2, -0.15) is 0 Å². The Bertz CT molecular complexity index is 592. The first-order chi connectivity index (χ1) is 10.3. The molecule has 0 unspecified atom stereocenters. The first kappa shape index (κ1) is 12.7. The van der Waals surface area contributed by atoms with E-state index >= 15 is 0 Å². The van der Waals surface area contributed by atoms with Gasteiger partial charge in [0.2, 0.25) is 5.91 Å². The summed E-state index contributed by atoms with van der Waals surface area (Å²) < 4.78 is 0. The molecular formula is C16H20N4O. The van der Waals surface area contributed by atoms with Crippen LogP contribution in [-0.2, 0) is 4.79 Å². The van der Waals surface area contributed by atoms with Crippen molar-refractivity contribution in [1.29, 1.82) is 0 Å². The van der Waals surface area contributed by atoms with E-state index in [1.165, 1.54) is 11.3 Å². The van der Waals surface area contributed by atoms with Crippen molar-refractivity contribution in [2.45, 2.75) is 24.4 Å². The van der Waals surface area contributed by atoms with Crippen LogP contribution in [0.1, 0.15) is 17.9 Å². The smallest absolute Gasteiger partial charge is 0.232 e. The Morgan fingerprint density at radius 3 is 3.05 bits per heavy atom. The van der Waals surface area contributed by atoms with Gasteiger partial charge in [-0.25, -0.2) is 0 Å². The van der Waals surface area contributed by atoms with Gasteiger partial charge in [0.05, 0.1) is 24.8 Å². The van der Waals surface area contributed by atoms with E-state index in [9.17, 15) is 4.79 Å². The van der Waals surface area contributed by atoms with E-state index in [4.69, 9.17) is 0 Å². The van der Waals surface area contributed by atoms with Crippen LogP contribution in [0.4, 0.5) is 5.69 Å². The molecule has 1 saturated heterocycles. The van der Waals surface area contributed by atoms with E-state index < -0.39 is 0 Å². The van der Waals surface area contributed by atoms with Gasteiger partial charge in [-0.1, -0.05) is 18.2 Å². The molecule has 0 radical (unpaired) electrons. The molecule has 21 heavy (non-hydrogen) atoms. The number of nitrogens with one attached hydrogen (secondary N) is 1. The average molecular weight is 284 g/mol. The molecule has 1 amide bonds. The molecule has 0 aliphatic carbocycles. The van der Waals surface area contributed by atoms with E-state index in [0.29, 0.717) is 6.04 Å². The largest absolute Gasteiger partial charge is 0.370 e. The van der Waals surface area contributed by atoms with E-state index in [-0.39, 0.29) is 17.9 Å². The third-order valence-electron chi connectivity index (χ3n) is 4.97. The number of piperidine rings is 1. The number of hydrogen-bond acceptors (Lipinski definition) is 4. The molecule has 3 aliphatic heterocycles. The fraction of sp³-hybridized carbons (Fsp3) is 0.500. The molecule has 1 N–H and O–H groups in total. The van der Waals surface area contributed by atoms with Crippen LogP contribution in [0, 0.1) is 0 Å². The molecule has 1 aromatic rings. The monoisotopic (exact) mass is 284 g/mol. The minimum absolute atomic E-state index is 0.00210. The summed E-state index contributed by atoms with van der Waals surface area (Å²) in [7, 11) is 2.11. The second-order valence-corrected chi connectivity index (χ2v) is 6.15. The molecule has 110 valence electrons. The minimum atomic E-state index is 0.00210. The lowest BCUT2D eigenvalue weighted by Gasteiger charge is -2.38. The molecule has 0 spiro atoms. The number of fused-ring (bicyclic) bond motifs is 3. The van der Waals surface area contributed by atoms with Crippen LogP contribution in [0.3, 0.4) is 0 Å². The number of aliphatic imine (C=N–C) groups is 1. The Morgan fingerprint density at radius 2 is 2.24 bits per heavy atom. The molecule has 5 nitrogen and oxygen atoms in total. The van der Waals surface area contributed by atoms with Crippen molar-refractivity contribution in [2.24, 2.45) is 4.99 Å². The fourth-order valence-electron chi connectivity index (χ4n) is 3.88. The zero-order valence-electron chi connectivity index (χ0n) is 12.2. The molecule has 3 heterocycles. The van der Waals surface area contributed by atoms with E-state index in [1.807, 2.05) is 11.0 Å². The fourth-order valence-corrected chi connectivity index (χ4v) is 3.88. The lowest BCUT2D eigenvalue weighted by molar-refractivity contribution is -0.135. The number of para-hydroxylation sites is 1. The molecule has 0 saturated carbocycles. The topological polar surface area (TPSA) is 47.9 Å². The number of carbonyl (C=O) groups excluding carboxylic acids is 1. The van der Waals surface area contributed by atoms with Gasteiger partial charge >= 0.3 is 0 Å². The normalized spacial score (nSPS) is 30.3. The van der Waals surface area contributed by atoms with E-state index in [2.05, 4.69) is 40.5 Å².